The fourth-order valence-corrected chi connectivity index (χ4v) is 8.90. The molecular formula is C25H25N5O2S2. The zero-order chi connectivity index (χ0) is 22.9. The summed E-state index contributed by atoms with van der Waals surface area (Å²) in [4.78, 5) is 18.2. The topological polar surface area (TPSA) is 92.9 Å². The summed E-state index contributed by atoms with van der Waals surface area (Å²) in [5.74, 6) is 1.69. The van der Waals surface area contributed by atoms with E-state index in [1.807, 2.05) is 47.1 Å². The van der Waals surface area contributed by atoms with Crippen molar-refractivity contribution in [2.24, 2.45) is 17.3 Å². The van der Waals surface area contributed by atoms with Gasteiger partial charge >= 0.3 is 0 Å². The van der Waals surface area contributed by atoms with Crippen LogP contribution in [0.1, 0.15) is 38.5 Å². The fourth-order valence-electron chi connectivity index (χ4n) is 6.92. The Morgan fingerprint density at radius 3 is 2.79 bits per heavy atom. The summed E-state index contributed by atoms with van der Waals surface area (Å²) in [6, 6.07) is 13.9. The molecule has 1 amide bonds. The Labute approximate surface area is 204 Å². The summed E-state index contributed by atoms with van der Waals surface area (Å²) in [7, 11) is 0. The number of amides is 1. The Hall–Kier alpha value is -2.49. The molecule has 4 aliphatic rings. The molecule has 9 heteroatoms. The van der Waals surface area contributed by atoms with Crippen molar-refractivity contribution in [3.63, 3.8) is 0 Å². The lowest BCUT2D eigenvalue weighted by molar-refractivity contribution is -0.174. The minimum absolute atomic E-state index is 0.0801. The number of thiazole rings is 1. The maximum Gasteiger partial charge on any atom is 0.230 e. The average molecular weight is 492 g/mol. The zero-order valence-electron chi connectivity index (χ0n) is 18.6. The molecule has 2 aromatic carbocycles. The maximum atomic E-state index is 13.4. The van der Waals surface area contributed by atoms with Crippen molar-refractivity contribution in [2.75, 3.05) is 5.32 Å². The van der Waals surface area contributed by atoms with Crippen LogP contribution < -0.4 is 5.32 Å². The molecule has 2 N–H and O–H groups in total. The van der Waals surface area contributed by atoms with Crippen molar-refractivity contribution >= 4 is 55.9 Å². The third-order valence-electron chi connectivity index (χ3n) is 7.87. The number of rotatable bonds is 5. The third kappa shape index (κ3) is 3.44. The van der Waals surface area contributed by atoms with Crippen LogP contribution in [0, 0.1) is 17.3 Å². The molecule has 2 atom stereocenters. The van der Waals surface area contributed by atoms with Crippen LogP contribution in [-0.2, 0) is 10.7 Å². The molecule has 8 rings (SSSR count). The highest BCUT2D eigenvalue weighted by atomic mass is 32.2. The molecule has 0 radical (unpaired) electrons. The first-order valence-electron chi connectivity index (χ1n) is 11.8. The molecule has 174 valence electrons. The number of nitrogens with one attached hydrogen (secondary N) is 1. The number of fused-ring (bicyclic) bond motifs is 2. The van der Waals surface area contributed by atoms with Gasteiger partial charge in [0.05, 0.1) is 32.6 Å². The van der Waals surface area contributed by atoms with Crippen molar-refractivity contribution in [1.29, 1.82) is 0 Å². The standard InChI is InChI=1S/C25H25N5O2S2/c31-22(24-9-15-7-16(10-24)12-25(32,11-15)13-24)26-17-5-6-19-21(8-17)34-23(27-19)33-14-30-20-4-2-1-3-18(20)28-29-30/h1-6,8,15-16,32H,7,9-14H2,(H,26,31). The second-order valence-corrected chi connectivity index (χ2v) is 12.7. The van der Waals surface area contributed by atoms with Crippen LogP contribution >= 0.6 is 23.1 Å². The van der Waals surface area contributed by atoms with E-state index in [9.17, 15) is 9.90 Å². The van der Waals surface area contributed by atoms with Gasteiger partial charge < -0.3 is 10.4 Å². The minimum Gasteiger partial charge on any atom is -0.390 e. The molecule has 4 aliphatic carbocycles. The highest BCUT2D eigenvalue weighted by Gasteiger charge is 2.60. The van der Waals surface area contributed by atoms with Gasteiger partial charge in [0.25, 0.3) is 0 Å². The Morgan fingerprint density at radius 1 is 1.15 bits per heavy atom. The lowest BCUT2D eigenvalue weighted by Gasteiger charge is -2.59. The quantitative estimate of drug-likeness (QED) is 0.379. The first-order valence-corrected chi connectivity index (χ1v) is 13.6. The molecule has 0 spiro atoms. The van der Waals surface area contributed by atoms with Gasteiger partial charge in [0.1, 0.15) is 5.52 Å². The van der Waals surface area contributed by atoms with Crippen LogP contribution in [0.2, 0.25) is 0 Å². The second-order valence-electron chi connectivity index (χ2n) is 10.4. The maximum absolute atomic E-state index is 13.4. The van der Waals surface area contributed by atoms with Crippen molar-refractivity contribution in [3.05, 3.63) is 42.5 Å². The van der Waals surface area contributed by atoms with E-state index in [-0.39, 0.29) is 5.91 Å². The molecule has 2 aromatic heterocycles. The number of nitrogens with zero attached hydrogens (tertiary/aromatic N) is 4. The predicted molar refractivity (Wildman–Crippen MR) is 134 cm³/mol. The Bertz CT molecular complexity index is 1420. The van der Waals surface area contributed by atoms with Crippen molar-refractivity contribution in [2.45, 2.75) is 54.3 Å². The van der Waals surface area contributed by atoms with Gasteiger partial charge in [-0.05, 0) is 80.7 Å². The first kappa shape index (κ1) is 20.8. The van der Waals surface area contributed by atoms with Crippen LogP contribution in [0.4, 0.5) is 5.69 Å². The van der Waals surface area contributed by atoms with E-state index in [0.29, 0.717) is 24.1 Å². The second kappa shape index (κ2) is 7.50. The molecule has 2 heterocycles. The molecule has 4 bridgehead atoms. The van der Waals surface area contributed by atoms with Gasteiger partial charge in [-0.1, -0.05) is 29.1 Å². The van der Waals surface area contributed by atoms with E-state index < -0.39 is 11.0 Å². The third-order valence-corrected chi connectivity index (χ3v) is 10.00. The van der Waals surface area contributed by atoms with E-state index in [1.54, 1.807) is 23.1 Å². The largest absolute Gasteiger partial charge is 0.390 e. The number of para-hydroxylation sites is 1. The Kier molecular flexibility index (Phi) is 4.60. The number of anilines is 1. The molecule has 0 aliphatic heterocycles. The van der Waals surface area contributed by atoms with Crippen molar-refractivity contribution in [3.8, 4) is 0 Å². The minimum atomic E-state index is -0.634. The van der Waals surface area contributed by atoms with Crippen LogP contribution in [-0.4, -0.2) is 36.6 Å². The summed E-state index contributed by atoms with van der Waals surface area (Å²) >= 11 is 3.25. The number of carbonyl (C=O) groups excluding carboxylic acids is 1. The van der Waals surface area contributed by atoms with Gasteiger partial charge in [0.2, 0.25) is 5.91 Å². The van der Waals surface area contributed by atoms with Gasteiger partial charge in [0.15, 0.2) is 4.34 Å². The van der Waals surface area contributed by atoms with Crippen LogP contribution in [0.3, 0.4) is 0 Å². The van der Waals surface area contributed by atoms with Gasteiger partial charge in [-0.2, -0.15) is 0 Å². The monoisotopic (exact) mass is 491 g/mol. The summed E-state index contributed by atoms with van der Waals surface area (Å²) in [5.41, 5.74) is 2.59. The summed E-state index contributed by atoms with van der Waals surface area (Å²) in [6.45, 7) is 0. The van der Waals surface area contributed by atoms with E-state index in [4.69, 9.17) is 4.98 Å². The molecule has 4 saturated carbocycles. The Balaban J connectivity index is 1.08. The van der Waals surface area contributed by atoms with Gasteiger partial charge in [0, 0.05) is 5.69 Å². The lowest BCUT2D eigenvalue weighted by Crippen LogP contribution is -2.59. The summed E-state index contributed by atoms with van der Waals surface area (Å²) in [5, 5.41) is 22.7. The lowest BCUT2D eigenvalue weighted by atomic mass is 9.47. The summed E-state index contributed by atoms with van der Waals surface area (Å²) in [6.07, 6.45) is 5.36. The Morgan fingerprint density at radius 2 is 1.97 bits per heavy atom. The van der Waals surface area contributed by atoms with Crippen LogP contribution in [0.15, 0.2) is 46.8 Å². The molecule has 4 aromatic rings. The highest BCUT2D eigenvalue weighted by molar-refractivity contribution is 8.00. The normalized spacial score (nSPS) is 29.8. The van der Waals surface area contributed by atoms with E-state index in [2.05, 4.69) is 15.6 Å². The van der Waals surface area contributed by atoms with Gasteiger partial charge in [-0.3, -0.25) is 4.79 Å². The van der Waals surface area contributed by atoms with Crippen LogP contribution in [0.25, 0.3) is 21.3 Å². The number of aromatic nitrogens is 4. The number of benzene rings is 2. The number of carbonyl (C=O) groups is 1. The SMILES string of the molecule is O=C(Nc1ccc2nc(SCn3nnc4ccccc43)sc2c1)C12CC3CC(CC(O)(C3)C1)C2. The zero-order valence-corrected chi connectivity index (χ0v) is 20.2. The molecule has 7 nitrogen and oxygen atoms in total. The fraction of sp³-hybridized carbons (Fsp3) is 0.440. The van der Waals surface area contributed by atoms with E-state index >= 15 is 0 Å². The first-order chi connectivity index (χ1) is 16.5. The van der Waals surface area contributed by atoms with Gasteiger partial charge in [-0.25, -0.2) is 9.67 Å². The van der Waals surface area contributed by atoms with Crippen LogP contribution in [0.5, 0.6) is 0 Å². The smallest absolute Gasteiger partial charge is 0.230 e. The molecule has 0 saturated heterocycles. The molecule has 34 heavy (non-hydrogen) atoms. The van der Waals surface area contributed by atoms with E-state index in [1.165, 1.54) is 6.42 Å². The average Bonchev–Trinajstić information content (AvgIpc) is 3.39. The predicted octanol–water partition coefficient (Wildman–Crippen LogP) is 5.06. The number of hydrogen-bond acceptors (Lipinski definition) is 7. The molecule has 4 fully saturated rings. The van der Waals surface area contributed by atoms with Crippen molar-refractivity contribution in [1.82, 2.24) is 20.0 Å². The number of hydrogen-bond donors (Lipinski definition) is 2. The van der Waals surface area contributed by atoms with Gasteiger partial charge in [-0.15, -0.1) is 16.4 Å². The molecule has 2 unspecified atom stereocenters. The van der Waals surface area contributed by atoms with E-state index in [0.717, 1.165) is 57.0 Å². The van der Waals surface area contributed by atoms with Crippen molar-refractivity contribution < 1.29 is 9.90 Å². The molecular weight excluding hydrogens is 466 g/mol. The summed E-state index contributed by atoms with van der Waals surface area (Å²) < 4.78 is 3.89. The number of aliphatic hydroxyl groups is 1. The highest BCUT2D eigenvalue weighted by Crippen LogP contribution is 2.61. The number of thioether (sulfide) groups is 1.